The molecule has 0 N–H and O–H groups in total. The first-order chi connectivity index (χ1) is 12.7. The molecule has 1 atom stereocenters. The minimum absolute atomic E-state index is 0.0148. The van der Waals surface area contributed by atoms with Crippen LogP contribution in [0.4, 0.5) is 0 Å². The molecule has 3 rings (SSSR count). The smallest absolute Gasteiger partial charge is 0.342 e. The highest BCUT2D eigenvalue weighted by atomic mass is 16.6. The van der Waals surface area contributed by atoms with Crippen molar-refractivity contribution in [2.75, 3.05) is 14.2 Å². The van der Waals surface area contributed by atoms with Gasteiger partial charge in [-0.1, -0.05) is 12.1 Å². The molecule has 0 saturated carbocycles. The summed E-state index contributed by atoms with van der Waals surface area (Å²) >= 11 is 0. The van der Waals surface area contributed by atoms with Crippen molar-refractivity contribution in [3.8, 4) is 11.5 Å². The summed E-state index contributed by atoms with van der Waals surface area (Å²) in [7, 11) is 3.09. The lowest BCUT2D eigenvalue weighted by atomic mass is 9.92. The van der Waals surface area contributed by atoms with Crippen molar-refractivity contribution >= 4 is 22.7 Å². The first-order valence-corrected chi connectivity index (χ1v) is 8.83. The van der Waals surface area contributed by atoms with Crippen molar-refractivity contribution in [2.24, 2.45) is 0 Å². The average Bonchev–Trinajstić information content (AvgIpc) is 2.57. The monoisotopic (exact) mass is 372 g/mol. The van der Waals surface area contributed by atoms with Crippen molar-refractivity contribution < 1.29 is 28.5 Å². The number of ether oxygens (including phenoxy) is 4. The van der Waals surface area contributed by atoms with Crippen LogP contribution in [-0.2, 0) is 20.7 Å². The van der Waals surface area contributed by atoms with Gasteiger partial charge in [-0.3, -0.25) is 4.79 Å². The van der Waals surface area contributed by atoms with Crippen molar-refractivity contribution in [1.82, 2.24) is 0 Å². The number of cyclic esters (lactones) is 1. The minimum Gasteiger partial charge on any atom is -0.496 e. The van der Waals surface area contributed by atoms with Crippen LogP contribution in [0, 0.1) is 0 Å². The molecular formula is C21H24O6. The van der Waals surface area contributed by atoms with Gasteiger partial charge in [0.25, 0.3) is 0 Å². The second-order valence-corrected chi connectivity index (χ2v) is 7.52. The van der Waals surface area contributed by atoms with Crippen molar-refractivity contribution in [2.45, 2.75) is 45.3 Å². The predicted octanol–water partition coefficient (Wildman–Crippen LogP) is 3.67. The molecule has 144 valence electrons. The number of rotatable bonds is 4. The fourth-order valence-electron chi connectivity index (χ4n) is 3.38. The molecule has 0 bridgehead atoms. The van der Waals surface area contributed by atoms with E-state index in [9.17, 15) is 9.59 Å². The number of methoxy groups -OCH3 is 2. The van der Waals surface area contributed by atoms with Crippen LogP contribution < -0.4 is 9.47 Å². The van der Waals surface area contributed by atoms with Crippen LogP contribution in [-0.4, -0.2) is 37.9 Å². The van der Waals surface area contributed by atoms with E-state index in [-0.39, 0.29) is 6.42 Å². The van der Waals surface area contributed by atoms with Crippen molar-refractivity contribution in [3.63, 3.8) is 0 Å². The third-order valence-electron chi connectivity index (χ3n) is 4.33. The normalized spacial score (nSPS) is 16.5. The van der Waals surface area contributed by atoms with E-state index >= 15 is 0 Å². The van der Waals surface area contributed by atoms with Gasteiger partial charge in [-0.15, -0.1) is 0 Å². The number of hydrogen-bond acceptors (Lipinski definition) is 6. The van der Waals surface area contributed by atoms with Crippen LogP contribution in [0.5, 0.6) is 11.5 Å². The number of carbonyl (C=O) groups excluding carboxylic acids is 2. The zero-order valence-electron chi connectivity index (χ0n) is 16.3. The summed E-state index contributed by atoms with van der Waals surface area (Å²) in [4.78, 5) is 24.8. The van der Waals surface area contributed by atoms with Crippen LogP contribution >= 0.6 is 0 Å². The molecule has 1 heterocycles. The van der Waals surface area contributed by atoms with Crippen LogP contribution in [0.3, 0.4) is 0 Å². The Bertz CT molecular complexity index is 894. The topological polar surface area (TPSA) is 71.1 Å². The number of benzene rings is 2. The van der Waals surface area contributed by atoms with E-state index in [1.807, 2.05) is 24.3 Å². The van der Waals surface area contributed by atoms with Gasteiger partial charge in [0.15, 0.2) is 0 Å². The lowest BCUT2D eigenvalue weighted by Crippen LogP contribution is -2.33. The molecule has 2 aromatic rings. The molecule has 6 nitrogen and oxygen atoms in total. The molecule has 0 radical (unpaired) electrons. The number of esters is 2. The highest BCUT2D eigenvalue weighted by molar-refractivity contribution is 6.06. The number of carbonyl (C=O) groups is 2. The predicted molar refractivity (Wildman–Crippen MR) is 100 cm³/mol. The van der Waals surface area contributed by atoms with Crippen molar-refractivity contribution in [1.29, 1.82) is 0 Å². The Labute approximate surface area is 158 Å². The fourth-order valence-corrected chi connectivity index (χ4v) is 3.38. The van der Waals surface area contributed by atoms with E-state index in [4.69, 9.17) is 18.9 Å². The van der Waals surface area contributed by atoms with Gasteiger partial charge in [0.2, 0.25) is 0 Å². The van der Waals surface area contributed by atoms with E-state index < -0.39 is 23.6 Å². The van der Waals surface area contributed by atoms with Crippen LogP contribution in [0.2, 0.25) is 0 Å². The molecular weight excluding hydrogens is 348 g/mol. The molecule has 0 fully saturated rings. The molecule has 1 unspecified atom stereocenters. The van der Waals surface area contributed by atoms with E-state index in [1.165, 1.54) is 7.11 Å². The quantitative estimate of drug-likeness (QED) is 0.763. The molecule has 0 aromatic heterocycles. The van der Waals surface area contributed by atoms with Gasteiger partial charge in [0, 0.05) is 6.42 Å². The Morgan fingerprint density at radius 3 is 2.59 bits per heavy atom. The van der Waals surface area contributed by atoms with Gasteiger partial charge in [0.05, 0.1) is 26.0 Å². The Hall–Kier alpha value is -2.76. The molecule has 0 aliphatic carbocycles. The van der Waals surface area contributed by atoms with Crippen LogP contribution in [0.15, 0.2) is 24.3 Å². The zero-order valence-corrected chi connectivity index (χ0v) is 16.3. The molecule has 1 aliphatic heterocycles. The second-order valence-electron chi connectivity index (χ2n) is 7.52. The number of fused-ring (bicyclic) bond motifs is 2. The van der Waals surface area contributed by atoms with Crippen LogP contribution in [0.25, 0.3) is 10.8 Å². The summed E-state index contributed by atoms with van der Waals surface area (Å²) in [6.45, 7) is 5.41. The van der Waals surface area contributed by atoms with Gasteiger partial charge >= 0.3 is 11.9 Å². The summed E-state index contributed by atoms with van der Waals surface area (Å²) < 4.78 is 21.8. The number of hydrogen-bond donors (Lipinski definition) is 0. The minimum atomic E-state index is -0.580. The molecule has 1 aliphatic rings. The molecule has 0 amide bonds. The maximum atomic E-state index is 12.7. The molecule has 0 spiro atoms. The maximum absolute atomic E-state index is 12.7. The van der Waals surface area contributed by atoms with Crippen molar-refractivity contribution in [3.05, 3.63) is 35.4 Å². The maximum Gasteiger partial charge on any atom is 0.342 e. The lowest BCUT2D eigenvalue weighted by Gasteiger charge is -2.27. The third-order valence-corrected chi connectivity index (χ3v) is 4.33. The fraction of sp³-hybridized carbons (Fsp3) is 0.429. The Morgan fingerprint density at radius 2 is 1.96 bits per heavy atom. The highest BCUT2D eigenvalue weighted by Gasteiger charge is 2.33. The largest absolute Gasteiger partial charge is 0.496 e. The molecule has 27 heavy (non-hydrogen) atoms. The standard InChI is InChI=1S/C21H24O6/c1-21(2,3)27-16(22)11-14-10-13-9-12-7-6-8-15(24-4)17(12)19(25-5)18(13)20(23)26-14/h6-9,14H,10-11H2,1-5H3. The van der Waals surface area contributed by atoms with E-state index in [0.717, 1.165) is 16.3 Å². The van der Waals surface area contributed by atoms with E-state index in [0.29, 0.717) is 23.5 Å². The summed E-state index contributed by atoms with van der Waals surface area (Å²) in [5.74, 6) is 0.157. The Balaban J connectivity index is 1.98. The van der Waals surface area contributed by atoms with Gasteiger partial charge < -0.3 is 18.9 Å². The van der Waals surface area contributed by atoms with Gasteiger partial charge in [-0.2, -0.15) is 0 Å². The summed E-state index contributed by atoms with van der Waals surface area (Å²) in [5.41, 5.74) is 0.594. The zero-order chi connectivity index (χ0) is 19.8. The third kappa shape index (κ3) is 3.84. The average molecular weight is 372 g/mol. The first kappa shape index (κ1) is 19.0. The van der Waals surface area contributed by atoms with E-state index in [2.05, 4.69) is 0 Å². The summed E-state index contributed by atoms with van der Waals surface area (Å²) in [6.07, 6.45) is -0.127. The van der Waals surface area contributed by atoms with Crippen LogP contribution in [0.1, 0.15) is 43.1 Å². The van der Waals surface area contributed by atoms with Gasteiger partial charge in [0.1, 0.15) is 28.8 Å². The van der Waals surface area contributed by atoms with E-state index in [1.54, 1.807) is 27.9 Å². The Morgan fingerprint density at radius 1 is 1.22 bits per heavy atom. The second kappa shape index (κ2) is 7.10. The SMILES string of the molecule is COc1cccc2cc3c(c(OC)c12)C(=O)OC(CC(=O)OC(C)(C)C)C3. The highest BCUT2D eigenvalue weighted by Crippen LogP contribution is 2.41. The van der Waals surface area contributed by atoms with Gasteiger partial charge in [-0.05, 0) is 43.9 Å². The molecule has 2 aromatic carbocycles. The molecule has 0 saturated heterocycles. The Kier molecular flexibility index (Phi) is 5.00. The summed E-state index contributed by atoms with van der Waals surface area (Å²) in [5, 5.41) is 1.62. The van der Waals surface area contributed by atoms with Gasteiger partial charge in [-0.25, -0.2) is 4.79 Å². The summed E-state index contributed by atoms with van der Waals surface area (Å²) in [6, 6.07) is 7.56. The molecule has 6 heteroatoms. The first-order valence-electron chi connectivity index (χ1n) is 8.83. The lowest BCUT2D eigenvalue weighted by molar-refractivity contribution is -0.157.